The molecule has 1 aliphatic carbocycles. The molecule has 2 aromatic rings. The number of esters is 1. The number of hydrogen-bond acceptors (Lipinski definition) is 3. The average molecular weight is 451 g/mol. The van der Waals surface area contributed by atoms with Gasteiger partial charge in [0.05, 0.1) is 12.0 Å². The standard InChI is InChI=1S/C17H18O3.C9H12.2C2H6/c1-11-7-15-10-20-16(19)17(15,8-11)9-13-3-5-14(6-4-13)12(2)18;1-3-9-6-4-5-8(2)7-9;2*1-2/h3-6,15H,1,7-10H2,2H3;4-7H,3H2,1-2H3;2*1-2H3. The molecule has 1 aliphatic heterocycles. The van der Waals surface area contributed by atoms with E-state index in [2.05, 4.69) is 44.7 Å². The SMILES string of the molecule is C=C1CC2COC(=O)C2(Cc2ccc(C(C)=O)cc2)C1.CC.CC.CCc1cccc(C)c1. The number of fused-ring (bicyclic) bond motifs is 1. The first-order valence-corrected chi connectivity index (χ1v) is 12.3. The Bertz CT molecular complexity index is 910. The average Bonchev–Trinajstić information content (AvgIpc) is 3.30. The topological polar surface area (TPSA) is 43.4 Å². The van der Waals surface area contributed by atoms with Crippen LogP contribution in [0.4, 0.5) is 0 Å². The molecule has 3 nitrogen and oxygen atoms in total. The van der Waals surface area contributed by atoms with E-state index in [-0.39, 0.29) is 17.7 Å². The highest BCUT2D eigenvalue weighted by molar-refractivity contribution is 5.94. The van der Waals surface area contributed by atoms with Crippen molar-refractivity contribution in [2.75, 3.05) is 6.61 Å². The molecule has 0 aromatic heterocycles. The fourth-order valence-corrected chi connectivity index (χ4v) is 4.42. The summed E-state index contributed by atoms with van der Waals surface area (Å²) in [6.07, 6.45) is 3.43. The zero-order valence-electron chi connectivity index (χ0n) is 21.7. The largest absolute Gasteiger partial charge is 0.465 e. The molecule has 2 fully saturated rings. The van der Waals surface area contributed by atoms with Crippen LogP contribution in [0.1, 0.15) is 81.4 Å². The third kappa shape index (κ3) is 7.42. The minimum absolute atomic E-state index is 0.0575. The van der Waals surface area contributed by atoms with Crippen molar-refractivity contribution in [1.29, 1.82) is 0 Å². The van der Waals surface area contributed by atoms with E-state index in [4.69, 9.17) is 4.74 Å². The smallest absolute Gasteiger partial charge is 0.313 e. The van der Waals surface area contributed by atoms with Crippen LogP contribution in [-0.4, -0.2) is 18.4 Å². The van der Waals surface area contributed by atoms with E-state index in [1.165, 1.54) is 11.1 Å². The Labute approximate surface area is 201 Å². The second kappa shape index (κ2) is 13.8. The van der Waals surface area contributed by atoms with Gasteiger partial charge in [-0.1, -0.05) is 101 Å². The van der Waals surface area contributed by atoms with Gasteiger partial charge in [0.25, 0.3) is 0 Å². The molecule has 0 radical (unpaired) electrons. The number of cyclic esters (lactones) is 1. The third-order valence-corrected chi connectivity index (χ3v) is 6.07. The summed E-state index contributed by atoms with van der Waals surface area (Å²) >= 11 is 0. The number of allylic oxidation sites excluding steroid dienone is 1. The van der Waals surface area contributed by atoms with Crippen molar-refractivity contribution in [2.24, 2.45) is 11.3 Å². The van der Waals surface area contributed by atoms with Gasteiger partial charge in [0.15, 0.2) is 5.78 Å². The molecule has 0 bridgehead atoms. The molecule has 2 unspecified atom stereocenters. The number of ketones is 1. The Morgan fingerprint density at radius 3 is 2.21 bits per heavy atom. The monoisotopic (exact) mass is 450 g/mol. The van der Waals surface area contributed by atoms with Gasteiger partial charge in [-0.25, -0.2) is 0 Å². The summed E-state index contributed by atoms with van der Waals surface area (Å²) in [6.45, 7) is 18.4. The Balaban J connectivity index is 0.000000352. The van der Waals surface area contributed by atoms with Gasteiger partial charge < -0.3 is 4.74 Å². The van der Waals surface area contributed by atoms with E-state index in [1.54, 1.807) is 6.92 Å². The lowest BCUT2D eigenvalue weighted by Gasteiger charge is -2.24. The van der Waals surface area contributed by atoms with Crippen molar-refractivity contribution in [3.63, 3.8) is 0 Å². The van der Waals surface area contributed by atoms with Crippen molar-refractivity contribution in [3.8, 4) is 0 Å². The lowest BCUT2D eigenvalue weighted by atomic mass is 9.75. The molecule has 1 saturated heterocycles. The highest BCUT2D eigenvalue weighted by Crippen LogP contribution is 2.52. The number of rotatable bonds is 4. The Kier molecular flexibility index (Phi) is 11.8. The van der Waals surface area contributed by atoms with Gasteiger partial charge >= 0.3 is 5.97 Å². The first-order valence-electron chi connectivity index (χ1n) is 12.3. The van der Waals surface area contributed by atoms with Gasteiger partial charge in [0.2, 0.25) is 0 Å². The fourth-order valence-electron chi connectivity index (χ4n) is 4.42. The highest BCUT2D eigenvalue weighted by atomic mass is 16.5. The van der Waals surface area contributed by atoms with Crippen molar-refractivity contribution in [1.82, 2.24) is 0 Å². The molecule has 33 heavy (non-hydrogen) atoms. The molecular weight excluding hydrogens is 408 g/mol. The van der Waals surface area contributed by atoms with Crippen LogP contribution >= 0.6 is 0 Å². The lowest BCUT2D eigenvalue weighted by Crippen LogP contribution is -2.31. The van der Waals surface area contributed by atoms with Crippen molar-refractivity contribution >= 4 is 11.8 Å². The molecule has 4 rings (SSSR count). The minimum Gasteiger partial charge on any atom is -0.465 e. The van der Waals surface area contributed by atoms with Crippen LogP contribution < -0.4 is 0 Å². The Morgan fingerprint density at radius 1 is 1.06 bits per heavy atom. The van der Waals surface area contributed by atoms with Crippen molar-refractivity contribution in [3.05, 3.63) is 82.9 Å². The van der Waals surface area contributed by atoms with Crippen LogP contribution in [0.2, 0.25) is 0 Å². The maximum Gasteiger partial charge on any atom is 0.313 e. The van der Waals surface area contributed by atoms with Gasteiger partial charge in [-0.3, -0.25) is 9.59 Å². The molecule has 2 atom stereocenters. The van der Waals surface area contributed by atoms with Gasteiger partial charge in [0.1, 0.15) is 0 Å². The van der Waals surface area contributed by atoms with E-state index in [0.717, 1.165) is 30.4 Å². The summed E-state index contributed by atoms with van der Waals surface area (Å²) in [5, 5.41) is 0. The molecule has 1 saturated carbocycles. The van der Waals surface area contributed by atoms with Crippen LogP contribution in [0.15, 0.2) is 60.7 Å². The quantitative estimate of drug-likeness (QED) is 0.274. The fraction of sp³-hybridized carbons (Fsp3) is 0.467. The predicted molar refractivity (Wildman–Crippen MR) is 139 cm³/mol. The number of Topliss-reactive ketones (excluding diaryl/α,β-unsaturated/α-hetero) is 1. The minimum atomic E-state index is -0.422. The summed E-state index contributed by atoms with van der Waals surface area (Å²) < 4.78 is 5.27. The lowest BCUT2D eigenvalue weighted by molar-refractivity contribution is -0.146. The van der Waals surface area contributed by atoms with E-state index >= 15 is 0 Å². The zero-order chi connectivity index (χ0) is 25.0. The molecular formula is C30H42O3. The Morgan fingerprint density at radius 2 is 1.70 bits per heavy atom. The normalized spacial score (nSPS) is 20.2. The van der Waals surface area contributed by atoms with E-state index in [9.17, 15) is 9.59 Å². The van der Waals surface area contributed by atoms with Crippen LogP contribution in [0.25, 0.3) is 0 Å². The summed E-state index contributed by atoms with van der Waals surface area (Å²) in [4.78, 5) is 23.5. The summed E-state index contributed by atoms with van der Waals surface area (Å²) in [5.41, 5.74) is 5.28. The van der Waals surface area contributed by atoms with Crippen LogP contribution in [0, 0.1) is 18.3 Å². The van der Waals surface area contributed by atoms with Crippen molar-refractivity contribution in [2.45, 2.75) is 74.1 Å². The van der Waals surface area contributed by atoms with Gasteiger partial charge in [-0.2, -0.15) is 0 Å². The summed E-state index contributed by atoms with van der Waals surface area (Å²) in [6, 6.07) is 16.1. The number of carbonyl (C=O) groups excluding carboxylic acids is 2. The van der Waals surface area contributed by atoms with Gasteiger partial charge in [-0.15, -0.1) is 0 Å². The number of carbonyl (C=O) groups is 2. The van der Waals surface area contributed by atoms with E-state index < -0.39 is 5.41 Å². The van der Waals surface area contributed by atoms with Crippen LogP contribution in [-0.2, 0) is 22.4 Å². The highest BCUT2D eigenvalue weighted by Gasteiger charge is 2.55. The predicted octanol–water partition coefficient (Wildman–Crippen LogP) is 7.55. The zero-order valence-corrected chi connectivity index (χ0v) is 21.7. The first kappa shape index (κ1) is 28.4. The molecule has 0 spiro atoms. The van der Waals surface area contributed by atoms with Crippen LogP contribution in [0.3, 0.4) is 0 Å². The van der Waals surface area contributed by atoms with E-state index in [0.29, 0.717) is 18.6 Å². The molecule has 2 aromatic carbocycles. The maximum absolute atomic E-state index is 12.2. The number of hydrogen-bond donors (Lipinski definition) is 0. The molecule has 3 heteroatoms. The number of benzene rings is 2. The van der Waals surface area contributed by atoms with Crippen LogP contribution in [0.5, 0.6) is 0 Å². The first-order chi connectivity index (χ1) is 15.8. The second-order valence-electron chi connectivity index (χ2n) is 8.35. The number of ether oxygens (including phenoxy) is 1. The molecule has 0 N–H and O–H groups in total. The molecule has 1 heterocycles. The van der Waals surface area contributed by atoms with Gasteiger partial charge in [0, 0.05) is 11.5 Å². The second-order valence-corrected chi connectivity index (χ2v) is 8.35. The number of aryl methyl sites for hydroxylation is 2. The maximum atomic E-state index is 12.2. The van der Waals surface area contributed by atoms with Gasteiger partial charge in [-0.05, 0) is 50.7 Å². The van der Waals surface area contributed by atoms with E-state index in [1.807, 2.05) is 52.0 Å². The van der Waals surface area contributed by atoms with Crippen molar-refractivity contribution < 1.29 is 14.3 Å². The molecule has 0 amide bonds. The summed E-state index contributed by atoms with van der Waals surface area (Å²) in [7, 11) is 0. The molecule has 2 aliphatic rings. The Hall–Kier alpha value is -2.68. The summed E-state index contributed by atoms with van der Waals surface area (Å²) in [5.74, 6) is 0.230. The third-order valence-electron chi connectivity index (χ3n) is 6.07. The molecule has 180 valence electrons.